The smallest absolute Gasteiger partial charge is 0.217 e. The number of hydrogen-bond acceptors (Lipinski definition) is 3. The molecule has 1 amide bonds. The van der Waals surface area contributed by atoms with Crippen molar-refractivity contribution in [2.24, 2.45) is 5.73 Å². The lowest BCUT2D eigenvalue weighted by Gasteiger charge is -2.06. The van der Waals surface area contributed by atoms with E-state index in [1.54, 1.807) is 6.20 Å². The average Bonchev–Trinajstić information content (AvgIpc) is 2.25. The second-order valence-electron chi connectivity index (χ2n) is 3.87. The molecule has 0 spiro atoms. The number of rotatable bonds is 7. The Bertz CT molecular complexity index is 339. The number of aryl methyl sites for hydroxylation is 1. The van der Waals surface area contributed by atoms with Crippen molar-refractivity contribution in [1.29, 1.82) is 0 Å². The van der Waals surface area contributed by atoms with Gasteiger partial charge in [-0.3, -0.25) is 9.78 Å². The fraction of sp³-hybridized carbons (Fsp3) is 0.500. The third kappa shape index (κ3) is 4.89. The van der Waals surface area contributed by atoms with Gasteiger partial charge in [0, 0.05) is 19.2 Å². The molecule has 4 nitrogen and oxygen atoms in total. The van der Waals surface area contributed by atoms with Crippen molar-refractivity contribution in [3.63, 3.8) is 0 Å². The molecule has 1 aromatic rings. The molecule has 1 rings (SSSR count). The van der Waals surface area contributed by atoms with Gasteiger partial charge in [-0.15, -0.1) is 0 Å². The van der Waals surface area contributed by atoms with Gasteiger partial charge in [0.1, 0.15) is 0 Å². The van der Waals surface area contributed by atoms with E-state index in [2.05, 4.69) is 23.3 Å². The highest BCUT2D eigenvalue weighted by molar-refractivity contribution is 5.73. The lowest BCUT2D eigenvalue weighted by atomic mass is 10.2. The summed E-state index contributed by atoms with van der Waals surface area (Å²) in [6.45, 7) is 3.73. The lowest BCUT2D eigenvalue weighted by Crippen LogP contribution is -2.17. The third-order valence-electron chi connectivity index (χ3n) is 2.44. The van der Waals surface area contributed by atoms with Crippen LogP contribution in [-0.2, 0) is 11.3 Å². The van der Waals surface area contributed by atoms with Gasteiger partial charge in [-0.1, -0.05) is 6.07 Å². The maximum absolute atomic E-state index is 10.5. The normalized spacial score (nSPS) is 10.3. The molecule has 0 unspecified atom stereocenters. The molecule has 1 heterocycles. The molecule has 0 aliphatic rings. The fourth-order valence-corrected chi connectivity index (χ4v) is 1.46. The van der Waals surface area contributed by atoms with Crippen molar-refractivity contribution < 1.29 is 4.79 Å². The molecule has 0 bridgehead atoms. The van der Waals surface area contributed by atoms with Crippen molar-refractivity contribution in [2.75, 3.05) is 6.54 Å². The molecule has 0 radical (unpaired) electrons. The largest absolute Gasteiger partial charge is 0.370 e. The molecular weight excluding hydrogens is 202 g/mol. The van der Waals surface area contributed by atoms with Gasteiger partial charge < -0.3 is 11.1 Å². The van der Waals surface area contributed by atoms with Crippen LogP contribution in [0.25, 0.3) is 0 Å². The van der Waals surface area contributed by atoms with E-state index in [0.717, 1.165) is 31.6 Å². The summed E-state index contributed by atoms with van der Waals surface area (Å²) in [4.78, 5) is 14.8. The van der Waals surface area contributed by atoms with Gasteiger partial charge in [0.2, 0.25) is 5.91 Å². The summed E-state index contributed by atoms with van der Waals surface area (Å²) in [5, 5.41) is 3.30. The molecule has 0 aromatic carbocycles. The number of pyridine rings is 1. The van der Waals surface area contributed by atoms with Crippen LogP contribution in [0.3, 0.4) is 0 Å². The number of carbonyl (C=O) groups is 1. The summed E-state index contributed by atoms with van der Waals surface area (Å²) >= 11 is 0. The monoisotopic (exact) mass is 221 g/mol. The van der Waals surface area contributed by atoms with E-state index in [9.17, 15) is 4.79 Å². The number of aromatic nitrogens is 1. The Balaban J connectivity index is 2.12. The number of primary amides is 1. The minimum Gasteiger partial charge on any atom is -0.370 e. The topological polar surface area (TPSA) is 68.0 Å². The molecular formula is C12H19N3O. The van der Waals surface area contributed by atoms with Crippen LogP contribution in [0.1, 0.15) is 30.5 Å². The van der Waals surface area contributed by atoms with Crippen LogP contribution >= 0.6 is 0 Å². The zero-order chi connectivity index (χ0) is 11.8. The number of nitrogens with one attached hydrogen (secondary N) is 1. The summed E-state index contributed by atoms with van der Waals surface area (Å²) in [5.74, 6) is -0.222. The Morgan fingerprint density at radius 3 is 3.00 bits per heavy atom. The van der Waals surface area contributed by atoms with E-state index < -0.39 is 0 Å². The number of amides is 1. The van der Waals surface area contributed by atoms with Gasteiger partial charge >= 0.3 is 0 Å². The standard InChI is InChI=1S/C12H19N3O/c1-10-5-4-8-15-11(10)9-14-7-3-2-6-12(13)16/h4-5,8,14H,2-3,6-7,9H2,1H3,(H2,13,16). The van der Waals surface area contributed by atoms with E-state index in [4.69, 9.17) is 5.73 Å². The summed E-state index contributed by atoms with van der Waals surface area (Å²) < 4.78 is 0. The summed E-state index contributed by atoms with van der Waals surface area (Å²) in [6.07, 6.45) is 4.10. The fourth-order valence-electron chi connectivity index (χ4n) is 1.46. The zero-order valence-electron chi connectivity index (χ0n) is 9.70. The van der Waals surface area contributed by atoms with Gasteiger partial charge in [0.15, 0.2) is 0 Å². The van der Waals surface area contributed by atoms with E-state index >= 15 is 0 Å². The summed E-state index contributed by atoms with van der Waals surface area (Å²) in [7, 11) is 0. The van der Waals surface area contributed by atoms with Gasteiger partial charge in [-0.25, -0.2) is 0 Å². The number of carbonyl (C=O) groups excluding carboxylic acids is 1. The highest BCUT2D eigenvalue weighted by Gasteiger charge is 1.98. The first kappa shape index (κ1) is 12.6. The van der Waals surface area contributed by atoms with Crippen molar-refractivity contribution in [1.82, 2.24) is 10.3 Å². The van der Waals surface area contributed by atoms with Gasteiger partial charge in [0.25, 0.3) is 0 Å². The van der Waals surface area contributed by atoms with E-state index in [1.807, 2.05) is 6.07 Å². The van der Waals surface area contributed by atoms with Gasteiger partial charge in [-0.05, 0) is 37.9 Å². The van der Waals surface area contributed by atoms with E-state index in [1.165, 1.54) is 5.56 Å². The van der Waals surface area contributed by atoms with Crippen LogP contribution in [0.15, 0.2) is 18.3 Å². The molecule has 0 saturated heterocycles. The first-order valence-electron chi connectivity index (χ1n) is 5.59. The minimum absolute atomic E-state index is 0.222. The Labute approximate surface area is 96.3 Å². The second-order valence-corrected chi connectivity index (χ2v) is 3.87. The predicted octanol–water partition coefficient (Wildman–Crippen LogP) is 1.14. The minimum atomic E-state index is -0.222. The van der Waals surface area contributed by atoms with E-state index in [0.29, 0.717) is 6.42 Å². The number of unbranched alkanes of at least 4 members (excludes halogenated alkanes) is 1. The Morgan fingerprint density at radius 1 is 1.50 bits per heavy atom. The predicted molar refractivity (Wildman–Crippen MR) is 63.7 cm³/mol. The number of nitrogens with zero attached hydrogens (tertiary/aromatic N) is 1. The lowest BCUT2D eigenvalue weighted by molar-refractivity contribution is -0.118. The quantitative estimate of drug-likeness (QED) is 0.678. The molecule has 88 valence electrons. The number of nitrogens with two attached hydrogens (primary N) is 1. The molecule has 1 aromatic heterocycles. The van der Waals surface area contributed by atoms with Crippen LogP contribution in [-0.4, -0.2) is 17.4 Å². The summed E-state index contributed by atoms with van der Waals surface area (Å²) in [5.41, 5.74) is 7.33. The molecule has 3 N–H and O–H groups in total. The maximum atomic E-state index is 10.5. The molecule has 0 aliphatic heterocycles. The highest BCUT2D eigenvalue weighted by Crippen LogP contribution is 2.02. The van der Waals surface area contributed by atoms with E-state index in [-0.39, 0.29) is 5.91 Å². The highest BCUT2D eigenvalue weighted by atomic mass is 16.1. The van der Waals surface area contributed by atoms with Crippen LogP contribution in [0.5, 0.6) is 0 Å². The third-order valence-corrected chi connectivity index (χ3v) is 2.44. The Hall–Kier alpha value is -1.42. The Morgan fingerprint density at radius 2 is 2.31 bits per heavy atom. The molecule has 4 heteroatoms. The van der Waals surface area contributed by atoms with Crippen LogP contribution in [0.4, 0.5) is 0 Å². The maximum Gasteiger partial charge on any atom is 0.217 e. The van der Waals surface area contributed by atoms with Crippen molar-refractivity contribution in [2.45, 2.75) is 32.7 Å². The van der Waals surface area contributed by atoms with Crippen LogP contribution in [0.2, 0.25) is 0 Å². The van der Waals surface area contributed by atoms with Crippen LogP contribution < -0.4 is 11.1 Å². The van der Waals surface area contributed by atoms with Gasteiger partial charge in [-0.2, -0.15) is 0 Å². The molecule has 0 atom stereocenters. The van der Waals surface area contributed by atoms with Crippen molar-refractivity contribution >= 4 is 5.91 Å². The first-order chi connectivity index (χ1) is 7.70. The van der Waals surface area contributed by atoms with Gasteiger partial charge in [0.05, 0.1) is 5.69 Å². The second kappa shape index (κ2) is 6.95. The average molecular weight is 221 g/mol. The SMILES string of the molecule is Cc1cccnc1CNCCCCC(N)=O. The Kier molecular flexibility index (Phi) is 5.50. The first-order valence-corrected chi connectivity index (χ1v) is 5.59. The summed E-state index contributed by atoms with van der Waals surface area (Å²) in [6, 6.07) is 3.99. The molecule has 0 fully saturated rings. The molecule has 16 heavy (non-hydrogen) atoms. The molecule has 0 aliphatic carbocycles. The zero-order valence-corrected chi connectivity index (χ0v) is 9.70. The van der Waals surface area contributed by atoms with Crippen molar-refractivity contribution in [3.05, 3.63) is 29.6 Å². The van der Waals surface area contributed by atoms with Crippen molar-refractivity contribution in [3.8, 4) is 0 Å². The van der Waals surface area contributed by atoms with Crippen LogP contribution in [0, 0.1) is 6.92 Å². The number of hydrogen-bond donors (Lipinski definition) is 2. The molecule has 0 saturated carbocycles.